The van der Waals surface area contributed by atoms with E-state index in [9.17, 15) is 0 Å². The molecule has 1 atom stereocenters. The molecule has 0 bridgehead atoms. The average Bonchev–Trinajstić information content (AvgIpc) is 2.31. The Morgan fingerprint density at radius 3 is 2.21 bits per heavy atom. The molecule has 2 nitrogen and oxygen atoms in total. The third-order valence-electron chi connectivity index (χ3n) is 2.98. The van der Waals surface area contributed by atoms with Crippen LogP contribution in [0.1, 0.15) is 28.4 Å². The summed E-state index contributed by atoms with van der Waals surface area (Å²) in [6, 6.07) is 8.11. The van der Waals surface area contributed by atoms with Crippen molar-refractivity contribution in [1.82, 2.24) is 10.3 Å². The number of nitrogens with one attached hydrogen (secondary N) is 1. The zero-order chi connectivity index (χ0) is 14.0. The normalized spacial score (nSPS) is 12.5. The van der Waals surface area contributed by atoms with E-state index in [0.717, 1.165) is 11.3 Å². The summed E-state index contributed by atoms with van der Waals surface area (Å²) in [6.07, 6.45) is 1.62. The van der Waals surface area contributed by atoms with Crippen LogP contribution in [0.25, 0.3) is 0 Å². The first-order valence-corrected chi connectivity index (χ1v) is 6.83. The summed E-state index contributed by atoms with van der Waals surface area (Å²) >= 11 is 12.1. The Kier molecular flexibility index (Phi) is 4.46. The third kappa shape index (κ3) is 3.27. The van der Waals surface area contributed by atoms with E-state index < -0.39 is 0 Å². The van der Waals surface area contributed by atoms with Gasteiger partial charge in [-0.05, 0) is 32.5 Å². The molecule has 100 valence electrons. The Morgan fingerprint density at radius 2 is 1.68 bits per heavy atom. The molecule has 2 rings (SSSR count). The second-order valence-corrected chi connectivity index (χ2v) is 5.51. The van der Waals surface area contributed by atoms with Crippen LogP contribution in [0.2, 0.25) is 10.0 Å². The lowest BCUT2D eigenvalue weighted by atomic mass is 9.99. The monoisotopic (exact) mass is 294 g/mol. The molecule has 0 saturated heterocycles. The fraction of sp³-hybridized carbons (Fsp3) is 0.267. The van der Waals surface area contributed by atoms with Crippen LogP contribution in [-0.4, -0.2) is 12.0 Å². The Hall–Kier alpha value is -1.09. The molecule has 0 saturated carbocycles. The topological polar surface area (TPSA) is 24.9 Å². The Morgan fingerprint density at radius 1 is 1.05 bits per heavy atom. The summed E-state index contributed by atoms with van der Waals surface area (Å²) in [6.45, 7) is 4.17. The van der Waals surface area contributed by atoms with Gasteiger partial charge in [-0.3, -0.25) is 4.98 Å². The minimum absolute atomic E-state index is 0.0385. The maximum absolute atomic E-state index is 6.25. The van der Waals surface area contributed by atoms with Gasteiger partial charge in [-0.25, -0.2) is 0 Å². The molecule has 1 unspecified atom stereocenters. The van der Waals surface area contributed by atoms with Crippen molar-refractivity contribution in [2.45, 2.75) is 19.9 Å². The highest BCUT2D eigenvalue weighted by Gasteiger charge is 2.17. The van der Waals surface area contributed by atoms with E-state index in [1.54, 1.807) is 12.3 Å². The van der Waals surface area contributed by atoms with E-state index in [0.29, 0.717) is 10.0 Å². The van der Waals surface area contributed by atoms with Crippen LogP contribution in [0.5, 0.6) is 0 Å². The van der Waals surface area contributed by atoms with Gasteiger partial charge >= 0.3 is 0 Å². The van der Waals surface area contributed by atoms with Crippen LogP contribution in [-0.2, 0) is 0 Å². The molecule has 4 heteroatoms. The maximum atomic E-state index is 6.25. The number of hydrogen-bond acceptors (Lipinski definition) is 2. The summed E-state index contributed by atoms with van der Waals surface area (Å²) in [7, 11) is 1.90. The first kappa shape index (κ1) is 14.3. The molecule has 0 aliphatic rings. The highest BCUT2D eigenvalue weighted by molar-refractivity contribution is 6.34. The summed E-state index contributed by atoms with van der Waals surface area (Å²) < 4.78 is 0. The second kappa shape index (κ2) is 5.91. The van der Waals surface area contributed by atoms with Gasteiger partial charge in [0.25, 0.3) is 0 Å². The fourth-order valence-electron chi connectivity index (χ4n) is 2.28. The molecule has 0 spiro atoms. The number of rotatable bonds is 3. The summed E-state index contributed by atoms with van der Waals surface area (Å²) in [5, 5.41) is 4.38. The van der Waals surface area contributed by atoms with Crippen molar-refractivity contribution >= 4 is 23.2 Å². The molecule has 2 aromatic rings. The lowest BCUT2D eigenvalue weighted by molar-refractivity contribution is 0.670. The SMILES string of the molecule is CNC(c1cc(C)cc(C)c1)c1ncc(Cl)cc1Cl. The van der Waals surface area contributed by atoms with Gasteiger partial charge in [0.1, 0.15) is 0 Å². The van der Waals surface area contributed by atoms with Crippen LogP contribution in [0.4, 0.5) is 0 Å². The van der Waals surface area contributed by atoms with Crippen LogP contribution in [0.3, 0.4) is 0 Å². The molecule has 1 aromatic carbocycles. The van der Waals surface area contributed by atoms with Gasteiger partial charge in [0.05, 0.1) is 21.8 Å². The number of aryl methyl sites for hydroxylation is 2. The average molecular weight is 295 g/mol. The van der Waals surface area contributed by atoms with Crippen LogP contribution in [0, 0.1) is 13.8 Å². The molecule has 1 aromatic heterocycles. The first-order chi connectivity index (χ1) is 9.01. The highest BCUT2D eigenvalue weighted by Crippen LogP contribution is 2.29. The molecule has 0 radical (unpaired) electrons. The third-order valence-corrected chi connectivity index (χ3v) is 3.49. The maximum Gasteiger partial charge on any atom is 0.0805 e. The zero-order valence-corrected chi connectivity index (χ0v) is 12.7. The largest absolute Gasteiger partial charge is 0.308 e. The van der Waals surface area contributed by atoms with Crippen molar-refractivity contribution in [2.24, 2.45) is 0 Å². The van der Waals surface area contributed by atoms with Gasteiger partial charge in [-0.15, -0.1) is 0 Å². The molecule has 1 N–H and O–H groups in total. The lowest BCUT2D eigenvalue weighted by Crippen LogP contribution is -2.19. The van der Waals surface area contributed by atoms with Gasteiger partial charge in [-0.2, -0.15) is 0 Å². The van der Waals surface area contributed by atoms with Gasteiger partial charge in [0, 0.05) is 6.20 Å². The highest BCUT2D eigenvalue weighted by atomic mass is 35.5. The number of hydrogen-bond donors (Lipinski definition) is 1. The van der Waals surface area contributed by atoms with Gasteiger partial charge < -0.3 is 5.32 Å². The molecule has 0 amide bonds. The number of halogens is 2. The van der Waals surface area contributed by atoms with Crippen LogP contribution < -0.4 is 5.32 Å². The van der Waals surface area contributed by atoms with E-state index in [1.165, 1.54) is 11.1 Å². The molecule has 0 aliphatic carbocycles. The van der Waals surface area contributed by atoms with Gasteiger partial charge in [0.2, 0.25) is 0 Å². The van der Waals surface area contributed by atoms with E-state index in [-0.39, 0.29) is 6.04 Å². The fourth-order valence-corrected chi connectivity index (χ4v) is 2.76. The van der Waals surface area contributed by atoms with E-state index >= 15 is 0 Å². The van der Waals surface area contributed by atoms with E-state index in [4.69, 9.17) is 23.2 Å². The molecular formula is C15H16Cl2N2. The molecule has 0 fully saturated rings. The molecule has 19 heavy (non-hydrogen) atoms. The molecule has 1 heterocycles. The second-order valence-electron chi connectivity index (χ2n) is 4.66. The molecule has 0 aliphatic heterocycles. The van der Waals surface area contributed by atoms with Crippen molar-refractivity contribution < 1.29 is 0 Å². The van der Waals surface area contributed by atoms with E-state index in [2.05, 4.69) is 42.3 Å². The minimum Gasteiger partial charge on any atom is -0.308 e. The minimum atomic E-state index is -0.0385. The standard InChI is InChI=1S/C15H16Cl2N2/c1-9-4-10(2)6-11(5-9)14(18-3)15-13(17)7-12(16)8-19-15/h4-8,14,18H,1-3H3. The Bertz CT molecular complexity index is 576. The van der Waals surface area contributed by atoms with E-state index in [1.807, 2.05) is 7.05 Å². The summed E-state index contributed by atoms with van der Waals surface area (Å²) in [5.74, 6) is 0. The lowest BCUT2D eigenvalue weighted by Gasteiger charge is -2.18. The summed E-state index contributed by atoms with van der Waals surface area (Å²) in [4.78, 5) is 4.36. The number of aromatic nitrogens is 1. The van der Waals surface area contributed by atoms with Crippen molar-refractivity contribution in [2.75, 3.05) is 7.05 Å². The van der Waals surface area contributed by atoms with Crippen molar-refractivity contribution in [3.63, 3.8) is 0 Å². The number of nitrogens with zero attached hydrogens (tertiary/aromatic N) is 1. The predicted octanol–water partition coefficient (Wildman–Crippen LogP) is 4.31. The number of pyridine rings is 1. The van der Waals surface area contributed by atoms with Crippen molar-refractivity contribution in [3.8, 4) is 0 Å². The van der Waals surface area contributed by atoms with Crippen molar-refractivity contribution in [3.05, 3.63) is 62.9 Å². The summed E-state index contributed by atoms with van der Waals surface area (Å²) in [5.41, 5.74) is 4.39. The smallest absolute Gasteiger partial charge is 0.0805 e. The van der Waals surface area contributed by atoms with Crippen molar-refractivity contribution in [1.29, 1.82) is 0 Å². The van der Waals surface area contributed by atoms with Crippen LogP contribution in [0.15, 0.2) is 30.5 Å². The van der Waals surface area contributed by atoms with Gasteiger partial charge in [-0.1, -0.05) is 52.5 Å². The molecular weight excluding hydrogens is 279 g/mol. The Labute approximate surface area is 123 Å². The zero-order valence-electron chi connectivity index (χ0n) is 11.2. The quantitative estimate of drug-likeness (QED) is 0.912. The predicted molar refractivity (Wildman–Crippen MR) is 81.1 cm³/mol. The first-order valence-electron chi connectivity index (χ1n) is 6.07. The van der Waals surface area contributed by atoms with Gasteiger partial charge in [0.15, 0.2) is 0 Å². The number of benzene rings is 1. The van der Waals surface area contributed by atoms with Crippen LogP contribution >= 0.6 is 23.2 Å². The Balaban J connectivity index is 2.49.